The van der Waals surface area contributed by atoms with Crippen LogP contribution in [0, 0.1) is 0 Å². The fourth-order valence-electron chi connectivity index (χ4n) is 4.68. The van der Waals surface area contributed by atoms with Crippen LogP contribution in [0.1, 0.15) is 32.9 Å². The Labute approximate surface area is 273 Å². The van der Waals surface area contributed by atoms with Gasteiger partial charge in [-0.1, -0.05) is 89.9 Å². The van der Waals surface area contributed by atoms with E-state index in [4.69, 9.17) is 32.9 Å². The van der Waals surface area contributed by atoms with Gasteiger partial charge in [-0.15, -0.1) is 0 Å². The summed E-state index contributed by atoms with van der Waals surface area (Å²) in [5, 5.41) is 0.950. The minimum atomic E-state index is -5.32. The first-order valence-corrected chi connectivity index (χ1v) is 16.1. The summed E-state index contributed by atoms with van der Waals surface area (Å²) in [6.07, 6.45) is 5.58. The van der Waals surface area contributed by atoms with Gasteiger partial charge in [0.25, 0.3) is 9.84 Å². The lowest BCUT2D eigenvalue weighted by Gasteiger charge is -2.09. The van der Waals surface area contributed by atoms with Crippen molar-refractivity contribution in [2.24, 2.45) is 0 Å². The number of nitrogens with zero attached hydrogens (tertiary/aromatic N) is 2. The van der Waals surface area contributed by atoms with Crippen molar-refractivity contribution in [3.63, 3.8) is 0 Å². The average Bonchev–Trinajstić information content (AvgIpc) is 3.41. The Morgan fingerprint density at radius 1 is 0.891 bits per heavy atom. The Hall–Kier alpha value is -4.38. The molecule has 1 heterocycles. The summed E-state index contributed by atoms with van der Waals surface area (Å²) in [7, 11) is -3.96. The molecule has 46 heavy (non-hydrogen) atoms. The van der Waals surface area contributed by atoms with E-state index in [0.29, 0.717) is 50.4 Å². The second-order valence-electron chi connectivity index (χ2n) is 10.3. The van der Waals surface area contributed by atoms with Crippen molar-refractivity contribution in [3.05, 3.63) is 135 Å². The van der Waals surface area contributed by atoms with Crippen LogP contribution < -0.4 is 0 Å². The minimum absolute atomic E-state index is 0.0437. The quantitative estimate of drug-likeness (QED) is 0.145. The third-order valence-corrected chi connectivity index (χ3v) is 9.01. The molecule has 0 amide bonds. The van der Waals surface area contributed by atoms with E-state index in [1.54, 1.807) is 48.5 Å². The second kappa shape index (κ2) is 13.5. The molecule has 5 aromatic rings. The molecule has 0 aliphatic carbocycles. The number of carbonyl (C=O) groups excluding carboxylic acids is 1. The number of sulfone groups is 1. The number of esters is 1. The molecule has 0 fully saturated rings. The molecule has 0 spiro atoms. The highest BCUT2D eigenvalue weighted by molar-refractivity contribution is 7.91. The van der Waals surface area contributed by atoms with Crippen LogP contribution >= 0.6 is 23.2 Å². The monoisotopic (exact) mass is 684 g/mol. The van der Waals surface area contributed by atoms with Crippen LogP contribution in [-0.2, 0) is 26.9 Å². The van der Waals surface area contributed by atoms with E-state index in [1.807, 2.05) is 47.2 Å². The van der Waals surface area contributed by atoms with Crippen LogP contribution in [0.25, 0.3) is 34.5 Å². The van der Waals surface area contributed by atoms with Gasteiger partial charge in [0.2, 0.25) is 0 Å². The summed E-state index contributed by atoms with van der Waals surface area (Å²) in [6.45, 7) is 0.443. The molecule has 0 saturated carbocycles. The maximum absolute atomic E-state index is 12.9. The van der Waals surface area contributed by atoms with Crippen molar-refractivity contribution in [2.75, 3.05) is 7.11 Å². The predicted molar refractivity (Wildman–Crippen MR) is 174 cm³/mol. The number of hydrogen-bond acceptors (Lipinski definition) is 5. The lowest BCUT2D eigenvalue weighted by molar-refractivity contribution is -0.0437. The fraction of sp³-hybridized carbons (Fsp3) is 0.118. The van der Waals surface area contributed by atoms with E-state index in [-0.39, 0.29) is 5.56 Å². The van der Waals surface area contributed by atoms with Gasteiger partial charge in [-0.2, -0.15) is 13.2 Å². The van der Waals surface area contributed by atoms with Crippen LogP contribution in [0.4, 0.5) is 13.2 Å². The molecule has 4 aromatic carbocycles. The van der Waals surface area contributed by atoms with E-state index < -0.39 is 27.1 Å². The molecule has 0 atom stereocenters. The maximum Gasteiger partial charge on any atom is 0.497 e. The summed E-state index contributed by atoms with van der Waals surface area (Å²) in [5.74, 6) is -0.928. The molecule has 0 saturated heterocycles. The van der Waals surface area contributed by atoms with Crippen LogP contribution in [0.5, 0.6) is 0 Å². The SMILES string of the molecule is COC(=O)c1ccc(Cn2cc(-c3ccc(Cl)cc3Cl)nc2/C=C/c2ccc(-c3cccc(CS(=O)(=O)C(F)(F)F)c3)cc2)cc1. The zero-order valence-electron chi connectivity index (χ0n) is 24.1. The highest BCUT2D eigenvalue weighted by Crippen LogP contribution is 2.31. The van der Waals surface area contributed by atoms with E-state index in [0.717, 1.165) is 11.1 Å². The Balaban J connectivity index is 1.41. The number of methoxy groups -OCH3 is 1. The molecule has 12 heteroatoms. The molecule has 5 rings (SSSR count). The molecule has 0 unspecified atom stereocenters. The Morgan fingerprint density at radius 2 is 1.61 bits per heavy atom. The molecular weight excluding hydrogens is 660 g/mol. The molecule has 0 bridgehead atoms. The van der Waals surface area contributed by atoms with Gasteiger partial charge < -0.3 is 9.30 Å². The lowest BCUT2D eigenvalue weighted by Crippen LogP contribution is -2.24. The van der Waals surface area contributed by atoms with Crippen molar-refractivity contribution in [1.82, 2.24) is 9.55 Å². The van der Waals surface area contributed by atoms with Crippen molar-refractivity contribution < 1.29 is 31.1 Å². The first kappa shape index (κ1) is 33.0. The van der Waals surface area contributed by atoms with Crippen molar-refractivity contribution in [3.8, 4) is 22.4 Å². The van der Waals surface area contributed by atoms with Gasteiger partial charge in [0, 0.05) is 23.3 Å². The molecular formula is C34H25Cl2F3N2O4S. The highest BCUT2D eigenvalue weighted by atomic mass is 35.5. The predicted octanol–water partition coefficient (Wildman–Crippen LogP) is 8.96. The van der Waals surface area contributed by atoms with Gasteiger partial charge >= 0.3 is 11.5 Å². The Morgan fingerprint density at radius 3 is 2.26 bits per heavy atom. The number of ether oxygens (including phenoxy) is 1. The van der Waals surface area contributed by atoms with Gasteiger partial charge in [0.05, 0.1) is 29.1 Å². The van der Waals surface area contributed by atoms with Crippen LogP contribution in [0.2, 0.25) is 10.0 Å². The first-order valence-electron chi connectivity index (χ1n) is 13.7. The average molecular weight is 686 g/mol. The summed E-state index contributed by atoms with van der Waals surface area (Å²) in [6, 6.07) is 25.5. The van der Waals surface area contributed by atoms with E-state index >= 15 is 0 Å². The Kier molecular flexibility index (Phi) is 9.71. The molecule has 0 aliphatic heterocycles. The zero-order valence-corrected chi connectivity index (χ0v) is 26.5. The second-order valence-corrected chi connectivity index (χ2v) is 13.1. The molecule has 1 aromatic heterocycles. The minimum Gasteiger partial charge on any atom is -0.465 e. The number of aromatic nitrogens is 2. The first-order chi connectivity index (χ1) is 21.8. The molecule has 6 nitrogen and oxygen atoms in total. The number of imidazole rings is 1. The third kappa shape index (κ3) is 7.70. The van der Waals surface area contributed by atoms with Crippen molar-refractivity contribution in [2.45, 2.75) is 17.8 Å². The van der Waals surface area contributed by atoms with Gasteiger partial charge in [0.15, 0.2) is 0 Å². The number of halogens is 5. The number of hydrogen-bond donors (Lipinski definition) is 0. The largest absolute Gasteiger partial charge is 0.497 e. The highest BCUT2D eigenvalue weighted by Gasteiger charge is 2.45. The smallest absolute Gasteiger partial charge is 0.465 e. The van der Waals surface area contributed by atoms with Gasteiger partial charge in [-0.05, 0) is 64.2 Å². The van der Waals surface area contributed by atoms with Crippen LogP contribution in [-0.4, -0.2) is 36.6 Å². The summed E-state index contributed by atoms with van der Waals surface area (Å²) in [4.78, 5) is 16.7. The standard InChI is InChI=1S/C34H25Cl2F3N2O4S/c1-45-33(42)26-12-7-23(8-13-26)19-41-20-31(29-15-14-28(35)18-30(29)36)40-32(41)16-9-22-5-10-25(11-6-22)27-4-2-3-24(17-27)21-46(43,44)34(37,38)39/h2-18,20H,19,21H2,1H3/b16-9+. The summed E-state index contributed by atoms with van der Waals surface area (Å²) in [5.41, 5.74) is -0.461. The van der Waals surface area contributed by atoms with E-state index in [9.17, 15) is 26.4 Å². The maximum atomic E-state index is 12.9. The third-order valence-electron chi connectivity index (χ3n) is 7.05. The topological polar surface area (TPSA) is 78.3 Å². The Bertz CT molecular complexity index is 2020. The molecule has 0 N–H and O–H groups in total. The molecule has 236 valence electrons. The number of rotatable bonds is 9. The summed E-state index contributed by atoms with van der Waals surface area (Å²) >= 11 is 12.6. The number of benzene rings is 4. The van der Waals surface area contributed by atoms with Gasteiger partial charge in [-0.25, -0.2) is 18.2 Å². The zero-order chi connectivity index (χ0) is 33.1. The van der Waals surface area contributed by atoms with Gasteiger partial charge in [0.1, 0.15) is 5.82 Å². The molecule has 0 aliphatic rings. The van der Waals surface area contributed by atoms with Crippen molar-refractivity contribution in [1.29, 1.82) is 0 Å². The van der Waals surface area contributed by atoms with Crippen molar-refractivity contribution >= 4 is 51.2 Å². The lowest BCUT2D eigenvalue weighted by atomic mass is 10.0. The van der Waals surface area contributed by atoms with Crippen LogP contribution in [0.3, 0.4) is 0 Å². The van der Waals surface area contributed by atoms with E-state index in [2.05, 4.69) is 0 Å². The molecule has 0 radical (unpaired) electrons. The number of alkyl halides is 3. The van der Waals surface area contributed by atoms with Crippen LogP contribution in [0.15, 0.2) is 97.2 Å². The van der Waals surface area contributed by atoms with Gasteiger partial charge in [-0.3, -0.25) is 0 Å². The van der Waals surface area contributed by atoms with E-state index in [1.165, 1.54) is 25.3 Å². The fourth-order valence-corrected chi connectivity index (χ4v) is 5.96. The normalized spacial score (nSPS) is 12.0. The number of carbonyl (C=O) groups is 1. The summed E-state index contributed by atoms with van der Waals surface area (Å²) < 4.78 is 68.6.